The van der Waals surface area contributed by atoms with Crippen LogP contribution in [0.3, 0.4) is 0 Å². The largest absolute Gasteiger partial charge is 0.462 e. The number of carbonyl (C=O) groups is 3. The van der Waals surface area contributed by atoms with Crippen LogP contribution in [0.5, 0.6) is 0 Å². The van der Waals surface area contributed by atoms with Gasteiger partial charge in [0.1, 0.15) is 13.2 Å². The lowest BCUT2D eigenvalue weighted by molar-refractivity contribution is -0.166. The molecule has 0 N–H and O–H groups in total. The SMILES string of the molecule is CCCCC/C=C\C/C=C\C/C=C\C/C=C\C/C=C\CCC(=O)OC[C@H](COC(=O)CCC/C=C\C/C=C\C/C=C\CCCCCCCC)OC(=O)CCCCCCCCCCCCCC. The number of hydrogen-bond acceptors (Lipinski definition) is 6. The first kappa shape index (κ1) is 62.3. The van der Waals surface area contributed by atoms with Crippen molar-refractivity contribution in [3.05, 3.63) is 97.2 Å². The van der Waals surface area contributed by atoms with Crippen molar-refractivity contribution in [1.82, 2.24) is 0 Å². The van der Waals surface area contributed by atoms with Gasteiger partial charge in [0.05, 0.1) is 0 Å². The summed E-state index contributed by atoms with van der Waals surface area (Å²) in [6, 6.07) is 0. The first-order chi connectivity index (χ1) is 32.5. The second-order valence-corrected chi connectivity index (χ2v) is 17.8. The maximum Gasteiger partial charge on any atom is 0.306 e. The number of esters is 3. The highest BCUT2D eigenvalue weighted by Gasteiger charge is 2.19. The zero-order valence-corrected chi connectivity index (χ0v) is 42.9. The molecule has 0 bridgehead atoms. The Morgan fingerprint density at radius 3 is 1.02 bits per heavy atom. The molecule has 0 rings (SSSR count). The lowest BCUT2D eigenvalue weighted by Crippen LogP contribution is -2.30. The van der Waals surface area contributed by atoms with Crippen LogP contribution in [0.1, 0.15) is 245 Å². The molecule has 0 aromatic heterocycles. The monoisotopic (exact) mass is 917 g/mol. The number of carbonyl (C=O) groups excluding carboxylic acids is 3. The molecule has 1 atom stereocenters. The number of allylic oxidation sites excluding steroid dienone is 16. The number of ether oxygens (including phenoxy) is 3. The summed E-state index contributed by atoms with van der Waals surface area (Å²) in [5.74, 6) is -1.06. The third kappa shape index (κ3) is 51.3. The fraction of sp³-hybridized carbons (Fsp3) is 0.683. The molecular formula is C60H100O6. The van der Waals surface area contributed by atoms with Crippen molar-refractivity contribution in [2.45, 2.75) is 252 Å². The zero-order chi connectivity index (χ0) is 47.9. The van der Waals surface area contributed by atoms with Crippen LogP contribution in [0.4, 0.5) is 0 Å². The van der Waals surface area contributed by atoms with Crippen LogP contribution in [-0.4, -0.2) is 37.2 Å². The van der Waals surface area contributed by atoms with Gasteiger partial charge >= 0.3 is 17.9 Å². The molecule has 376 valence electrons. The molecule has 6 nitrogen and oxygen atoms in total. The molecule has 0 aromatic carbocycles. The van der Waals surface area contributed by atoms with Gasteiger partial charge in [-0.15, -0.1) is 0 Å². The van der Waals surface area contributed by atoms with Gasteiger partial charge in [-0.1, -0.05) is 234 Å². The summed E-state index contributed by atoms with van der Waals surface area (Å²) < 4.78 is 16.7. The Labute approximate surface area is 407 Å². The molecule has 0 amide bonds. The fourth-order valence-corrected chi connectivity index (χ4v) is 7.21. The molecule has 0 aromatic rings. The minimum atomic E-state index is -0.826. The van der Waals surface area contributed by atoms with Gasteiger partial charge in [-0.25, -0.2) is 0 Å². The Morgan fingerprint density at radius 2 is 0.591 bits per heavy atom. The first-order valence-electron chi connectivity index (χ1n) is 27.2. The van der Waals surface area contributed by atoms with Crippen molar-refractivity contribution in [2.75, 3.05) is 13.2 Å². The third-order valence-electron chi connectivity index (χ3n) is 11.3. The van der Waals surface area contributed by atoms with Gasteiger partial charge in [-0.3, -0.25) is 14.4 Å². The van der Waals surface area contributed by atoms with E-state index in [1.54, 1.807) is 0 Å². The first-order valence-corrected chi connectivity index (χ1v) is 27.2. The van der Waals surface area contributed by atoms with Crippen LogP contribution < -0.4 is 0 Å². The Balaban J connectivity index is 4.55. The molecule has 0 unspecified atom stereocenters. The van der Waals surface area contributed by atoms with Crippen molar-refractivity contribution in [1.29, 1.82) is 0 Å². The summed E-state index contributed by atoms with van der Waals surface area (Å²) in [6.45, 7) is 6.49. The fourth-order valence-electron chi connectivity index (χ4n) is 7.21. The van der Waals surface area contributed by atoms with E-state index in [-0.39, 0.29) is 44.0 Å². The van der Waals surface area contributed by atoms with Crippen molar-refractivity contribution >= 4 is 17.9 Å². The minimum absolute atomic E-state index is 0.126. The standard InChI is InChI=1S/C60H100O6/c1-4-7-10-13-16-19-22-25-27-29-30-32-34-36-39-41-44-47-50-53-59(62)65-56-57(66-60(63)54-51-48-45-42-37-24-21-18-15-12-9-6-3)55-64-58(61)52-49-46-43-40-38-35-33-31-28-26-23-20-17-14-11-8-5-2/h16,19,25-28,30,32-33,35-36,39-40,43-44,47,57H,4-15,17-18,20-24,29,31,34,37-38,41-42,45-46,48-56H2,1-3H3/b19-16-,27-25-,28-26-,32-30-,35-33-,39-36-,43-40-,47-44-/t57-/m0/s1. The molecule has 0 radical (unpaired) electrons. The normalized spacial score (nSPS) is 12.8. The lowest BCUT2D eigenvalue weighted by atomic mass is 10.0. The maximum absolute atomic E-state index is 12.8. The molecule has 6 heteroatoms. The zero-order valence-electron chi connectivity index (χ0n) is 42.9. The summed E-state index contributed by atoms with van der Waals surface area (Å²) in [4.78, 5) is 38.0. The van der Waals surface area contributed by atoms with Crippen LogP contribution in [0.25, 0.3) is 0 Å². The summed E-state index contributed by atoms with van der Waals surface area (Å²) in [7, 11) is 0. The molecule has 0 spiro atoms. The lowest BCUT2D eigenvalue weighted by Gasteiger charge is -2.18. The molecule has 0 aliphatic heterocycles. The van der Waals surface area contributed by atoms with Gasteiger partial charge in [0.2, 0.25) is 0 Å². The van der Waals surface area contributed by atoms with Gasteiger partial charge in [-0.2, -0.15) is 0 Å². The Hall–Kier alpha value is -3.67. The van der Waals surface area contributed by atoms with E-state index in [4.69, 9.17) is 14.2 Å². The molecule has 0 saturated heterocycles. The van der Waals surface area contributed by atoms with Crippen molar-refractivity contribution < 1.29 is 28.6 Å². The van der Waals surface area contributed by atoms with E-state index in [9.17, 15) is 14.4 Å². The second-order valence-electron chi connectivity index (χ2n) is 17.8. The topological polar surface area (TPSA) is 78.9 Å². The Kier molecular flexibility index (Phi) is 50.9. The van der Waals surface area contributed by atoms with Gasteiger partial charge in [0, 0.05) is 19.3 Å². The predicted molar refractivity (Wildman–Crippen MR) is 284 cm³/mol. The van der Waals surface area contributed by atoms with E-state index < -0.39 is 6.10 Å². The maximum atomic E-state index is 12.8. The van der Waals surface area contributed by atoms with Gasteiger partial charge in [0.25, 0.3) is 0 Å². The van der Waals surface area contributed by atoms with E-state index in [0.29, 0.717) is 19.3 Å². The molecule has 0 heterocycles. The smallest absolute Gasteiger partial charge is 0.306 e. The van der Waals surface area contributed by atoms with Crippen LogP contribution in [0.15, 0.2) is 97.2 Å². The summed E-state index contributed by atoms with van der Waals surface area (Å²) >= 11 is 0. The van der Waals surface area contributed by atoms with Crippen LogP contribution >= 0.6 is 0 Å². The van der Waals surface area contributed by atoms with Gasteiger partial charge in [-0.05, 0) is 89.9 Å². The number of hydrogen-bond donors (Lipinski definition) is 0. The number of unbranched alkanes of at least 4 members (excludes halogenated alkanes) is 21. The van der Waals surface area contributed by atoms with Crippen LogP contribution in [0, 0.1) is 0 Å². The van der Waals surface area contributed by atoms with E-state index in [0.717, 1.165) is 64.2 Å². The molecular weight excluding hydrogens is 817 g/mol. The molecule has 0 aliphatic rings. The highest BCUT2D eigenvalue weighted by Crippen LogP contribution is 2.14. The van der Waals surface area contributed by atoms with E-state index in [1.807, 2.05) is 6.08 Å². The molecule has 0 saturated carbocycles. The highest BCUT2D eigenvalue weighted by molar-refractivity contribution is 5.71. The van der Waals surface area contributed by atoms with Crippen LogP contribution in [0.2, 0.25) is 0 Å². The van der Waals surface area contributed by atoms with E-state index in [2.05, 4.69) is 112 Å². The molecule has 0 aliphatic carbocycles. The highest BCUT2D eigenvalue weighted by atomic mass is 16.6. The minimum Gasteiger partial charge on any atom is -0.462 e. The van der Waals surface area contributed by atoms with Crippen molar-refractivity contribution in [3.63, 3.8) is 0 Å². The summed E-state index contributed by atoms with van der Waals surface area (Å²) in [5, 5.41) is 0. The summed E-state index contributed by atoms with van der Waals surface area (Å²) in [5.41, 5.74) is 0. The van der Waals surface area contributed by atoms with Crippen molar-refractivity contribution in [3.8, 4) is 0 Å². The Morgan fingerprint density at radius 1 is 0.303 bits per heavy atom. The second kappa shape index (κ2) is 53.9. The van der Waals surface area contributed by atoms with E-state index >= 15 is 0 Å². The Bertz CT molecular complexity index is 1330. The number of rotatable bonds is 48. The summed E-state index contributed by atoms with van der Waals surface area (Å²) in [6.07, 6.45) is 71.2. The third-order valence-corrected chi connectivity index (χ3v) is 11.3. The molecule has 66 heavy (non-hydrogen) atoms. The predicted octanol–water partition coefficient (Wildman–Crippen LogP) is 18.1. The van der Waals surface area contributed by atoms with Crippen LogP contribution in [-0.2, 0) is 28.6 Å². The van der Waals surface area contributed by atoms with Crippen molar-refractivity contribution in [2.24, 2.45) is 0 Å². The average molecular weight is 917 g/mol. The quantitative estimate of drug-likeness (QED) is 0.0262. The van der Waals surface area contributed by atoms with Gasteiger partial charge in [0.15, 0.2) is 6.10 Å². The van der Waals surface area contributed by atoms with E-state index in [1.165, 1.54) is 128 Å². The van der Waals surface area contributed by atoms with Gasteiger partial charge < -0.3 is 14.2 Å². The molecule has 0 fully saturated rings. The average Bonchev–Trinajstić information content (AvgIpc) is 3.31.